The molecule has 4 N–H and O–H groups in total. The molecule has 0 fully saturated rings. The van der Waals surface area contributed by atoms with Crippen LogP contribution in [-0.2, 0) is 9.36 Å². The van der Waals surface area contributed by atoms with Crippen LogP contribution in [0.1, 0.15) is 20.3 Å². The molecule has 0 aromatic heterocycles. The largest absolute Gasteiger partial charge is 0.466 e. The minimum atomic E-state index is -4.64. The van der Waals surface area contributed by atoms with Crippen LogP contribution < -0.4 is 5.32 Å². The number of carbonyl (C=O) groups excluding carboxylic acids is 1. The third kappa shape index (κ3) is 13.3. The predicted octanol–water partition coefficient (Wildman–Crippen LogP) is 0.192. The van der Waals surface area contributed by atoms with Gasteiger partial charge in [0.1, 0.15) is 0 Å². The fraction of sp³-hybridized carbons (Fsp3) is 0.700. The van der Waals surface area contributed by atoms with Crippen molar-refractivity contribution in [3.63, 3.8) is 0 Å². The number of phosphoric acid groups is 1. The number of nitrogens with one attached hydrogen (secondary N) is 1. The molecule has 18 heavy (non-hydrogen) atoms. The number of hydrogen-bond donors (Lipinski definition) is 4. The number of rotatable bonds is 4. The van der Waals surface area contributed by atoms with E-state index < -0.39 is 7.82 Å². The molecule has 0 rings (SSSR count). The van der Waals surface area contributed by atoms with E-state index in [4.69, 9.17) is 19.2 Å². The van der Waals surface area contributed by atoms with Gasteiger partial charge >= 0.3 is 7.82 Å². The van der Waals surface area contributed by atoms with Gasteiger partial charge in [0.25, 0.3) is 5.91 Å². The second-order valence-corrected chi connectivity index (χ2v) is 5.83. The fourth-order valence-corrected chi connectivity index (χ4v) is 1.12. The molecule has 0 aromatic carbocycles. The lowest BCUT2D eigenvalue weighted by atomic mass is 10.2. The molecule has 0 saturated heterocycles. The summed E-state index contributed by atoms with van der Waals surface area (Å²) in [4.78, 5) is 32.9. The minimum absolute atomic E-state index is 0.0556. The van der Waals surface area contributed by atoms with Crippen molar-refractivity contribution >= 4 is 13.7 Å². The fourth-order valence-electron chi connectivity index (χ4n) is 1.12. The summed E-state index contributed by atoms with van der Waals surface area (Å²) in [5.41, 5.74) is 0.562. The van der Waals surface area contributed by atoms with Gasteiger partial charge in [-0.05, 0) is 6.92 Å². The van der Waals surface area contributed by atoms with Gasteiger partial charge in [-0.25, -0.2) is 4.57 Å². The number of quaternary nitrogens is 1. The van der Waals surface area contributed by atoms with E-state index >= 15 is 0 Å². The Morgan fingerprint density at radius 2 is 1.67 bits per heavy atom. The molecule has 0 aliphatic heterocycles. The highest BCUT2D eigenvalue weighted by Crippen LogP contribution is 2.25. The topological polar surface area (TPSA) is 107 Å². The van der Waals surface area contributed by atoms with Gasteiger partial charge < -0.3 is 24.5 Å². The lowest BCUT2D eigenvalue weighted by Gasteiger charge is -2.33. The minimum Gasteiger partial charge on any atom is -0.311 e. The van der Waals surface area contributed by atoms with E-state index in [1.54, 1.807) is 6.92 Å². The lowest BCUT2D eigenvalue weighted by Crippen LogP contribution is -2.54. The van der Waals surface area contributed by atoms with Gasteiger partial charge in [-0.2, -0.15) is 0 Å². The van der Waals surface area contributed by atoms with Crippen molar-refractivity contribution in [3.8, 4) is 0 Å². The summed E-state index contributed by atoms with van der Waals surface area (Å²) in [5.74, 6) is -0.0556. The molecular formula is C10H24N2O5P+. The van der Waals surface area contributed by atoms with E-state index in [1.165, 1.54) is 0 Å². The van der Waals surface area contributed by atoms with Crippen molar-refractivity contribution in [2.75, 3.05) is 21.1 Å². The number of hydrogen-bond acceptors (Lipinski definition) is 2. The zero-order valence-corrected chi connectivity index (χ0v) is 12.4. The average Bonchev–Trinajstić information content (AvgIpc) is 2.08. The van der Waals surface area contributed by atoms with Crippen LogP contribution in [-0.4, -0.2) is 52.4 Å². The molecule has 0 aliphatic rings. The summed E-state index contributed by atoms with van der Waals surface area (Å²) in [6, 6.07) is 0. The molecular weight excluding hydrogens is 259 g/mol. The highest BCUT2D eigenvalue weighted by molar-refractivity contribution is 7.45. The van der Waals surface area contributed by atoms with Crippen LogP contribution in [0, 0.1) is 0 Å². The maximum atomic E-state index is 11.3. The molecule has 0 saturated carbocycles. The van der Waals surface area contributed by atoms with Crippen LogP contribution in [0.5, 0.6) is 0 Å². The van der Waals surface area contributed by atoms with Gasteiger partial charge in [0.05, 0.1) is 21.1 Å². The van der Waals surface area contributed by atoms with Crippen LogP contribution in [0.2, 0.25) is 0 Å². The van der Waals surface area contributed by atoms with E-state index in [0.29, 0.717) is 5.57 Å². The first-order chi connectivity index (χ1) is 7.79. The Morgan fingerprint density at radius 3 is 1.83 bits per heavy atom. The molecule has 0 spiro atoms. The number of nitrogens with zero attached hydrogens (tertiary/aromatic N) is 1. The Morgan fingerprint density at radius 1 is 1.33 bits per heavy atom. The highest BCUT2D eigenvalue weighted by atomic mass is 31.2. The molecule has 0 radical (unpaired) electrons. The van der Waals surface area contributed by atoms with Crippen molar-refractivity contribution in [1.82, 2.24) is 5.32 Å². The maximum Gasteiger partial charge on any atom is 0.466 e. The molecule has 0 aromatic rings. The van der Waals surface area contributed by atoms with Gasteiger partial charge in [0, 0.05) is 12.0 Å². The number of amides is 1. The van der Waals surface area contributed by atoms with E-state index in [1.807, 2.05) is 0 Å². The SMILES string of the molecule is C=C(C)C(=O)NC(CC)[N+](C)(C)C.O=P(O)(O)O. The van der Waals surface area contributed by atoms with Crippen molar-refractivity contribution in [3.05, 3.63) is 12.2 Å². The summed E-state index contributed by atoms with van der Waals surface area (Å²) in [6.07, 6.45) is 1.08. The quantitative estimate of drug-likeness (QED) is 0.255. The monoisotopic (exact) mass is 283 g/mol. The Kier molecular flexibility index (Phi) is 8.34. The van der Waals surface area contributed by atoms with Gasteiger partial charge in [0.15, 0.2) is 6.17 Å². The van der Waals surface area contributed by atoms with E-state index in [2.05, 4.69) is 40.0 Å². The lowest BCUT2D eigenvalue weighted by molar-refractivity contribution is -0.898. The van der Waals surface area contributed by atoms with Crippen molar-refractivity contribution < 1.29 is 28.5 Å². The second kappa shape index (κ2) is 7.66. The van der Waals surface area contributed by atoms with Crippen LogP contribution in [0.25, 0.3) is 0 Å². The normalized spacial score (nSPS) is 13.1. The molecule has 1 amide bonds. The Hall–Kier alpha value is -0.720. The first-order valence-corrected chi connectivity index (χ1v) is 6.91. The van der Waals surface area contributed by atoms with Gasteiger partial charge in [-0.15, -0.1) is 0 Å². The first-order valence-electron chi connectivity index (χ1n) is 5.34. The summed E-state index contributed by atoms with van der Waals surface area (Å²) in [6.45, 7) is 7.39. The smallest absolute Gasteiger partial charge is 0.311 e. The average molecular weight is 283 g/mol. The van der Waals surface area contributed by atoms with Crippen molar-refractivity contribution in [2.24, 2.45) is 0 Å². The molecule has 8 heteroatoms. The third-order valence-electron chi connectivity index (χ3n) is 2.01. The molecule has 0 heterocycles. The van der Waals surface area contributed by atoms with Gasteiger partial charge in [0.2, 0.25) is 0 Å². The maximum absolute atomic E-state index is 11.3. The second-order valence-electron chi connectivity index (χ2n) is 4.81. The van der Waals surface area contributed by atoms with Gasteiger partial charge in [-0.1, -0.05) is 13.5 Å². The predicted molar refractivity (Wildman–Crippen MR) is 69.3 cm³/mol. The van der Waals surface area contributed by atoms with Crippen molar-refractivity contribution in [1.29, 1.82) is 0 Å². The molecule has 1 unspecified atom stereocenters. The zero-order chi connectivity index (χ0) is 15.1. The summed E-state index contributed by atoms with van der Waals surface area (Å²) >= 11 is 0. The van der Waals surface area contributed by atoms with Crippen molar-refractivity contribution in [2.45, 2.75) is 26.4 Å². The molecule has 1 atom stereocenters. The Bertz CT molecular complexity index is 323. The molecule has 7 nitrogen and oxygen atoms in total. The number of carbonyl (C=O) groups is 1. The van der Waals surface area contributed by atoms with Crippen LogP contribution in [0.4, 0.5) is 0 Å². The summed E-state index contributed by atoms with van der Waals surface area (Å²) in [5, 5.41) is 2.94. The van der Waals surface area contributed by atoms with E-state index in [0.717, 1.165) is 10.9 Å². The Labute approximate surface area is 108 Å². The van der Waals surface area contributed by atoms with Crippen LogP contribution in [0.3, 0.4) is 0 Å². The zero-order valence-electron chi connectivity index (χ0n) is 11.5. The third-order valence-corrected chi connectivity index (χ3v) is 2.01. The Balaban J connectivity index is 0. The summed E-state index contributed by atoms with van der Waals surface area (Å²) in [7, 11) is 1.55. The van der Waals surface area contributed by atoms with Gasteiger partial charge in [-0.3, -0.25) is 4.79 Å². The molecule has 0 aliphatic carbocycles. The van der Waals surface area contributed by atoms with Crippen LogP contribution in [0.15, 0.2) is 12.2 Å². The molecule has 108 valence electrons. The van der Waals surface area contributed by atoms with E-state index in [-0.39, 0.29) is 12.1 Å². The van der Waals surface area contributed by atoms with E-state index in [9.17, 15) is 4.79 Å². The first kappa shape index (κ1) is 19.6. The van der Waals surface area contributed by atoms with Crippen LogP contribution >= 0.6 is 7.82 Å². The molecule has 0 bridgehead atoms. The highest BCUT2D eigenvalue weighted by Gasteiger charge is 2.23. The standard InChI is InChI=1S/C10H20N2O.H3O4P/c1-7-9(12(4,5)6)11-10(13)8(2)3;1-5(2,3)4/h9H,2,7H2,1,3-6H3;(H3,1,2,3,4)/p+1. The summed E-state index contributed by atoms with van der Waals surface area (Å²) < 4.78 is 9.61.